The summed E-state index contributed by atoms with van der Waals surface area (Å²) in [5.74, 6) is 0.623. The summed E-state index contributed by atoms with van der Waals surface area (Å²) in [6.45, 7) is 2.07. The van der Waals surface area contributed by atoms with Crippen LogP contribution in [0.15, 0.2) is 60.4 Å². The van der Waals surface area contributed by atoms with Crippen molar-refractivity contribution in [1.82, 2.24) is 0 Å². The van der Waals surface area contributed by atoms with Crippen molar-refractivity contribution in [3.05, 3.63) is 98.5 Å². The second kappa shape index (κ2) is 7.90. The average Bonchev–Trinajstić information content (AvgIpc) is 2.99. The van der Waals surface area contributed by atoms with Gasteiger partial charge in [-0.15, -0.1) is 0 Å². The minimum atomic E-state index is -0.340. The molecule has 0 amide bonds. The summed E-state index contributed by atoms with van der Waals surface area (Å²) >= 11 is 12.1. The lowest BCUT2D eigenvalue weighted by Crippen LogP contribution is -2.00. The van der Waals surface area contributed by atoms with Crippen molar-refractivity contribution >= 4 is 35.1 Å². The number of aryl methyl sites for hydroxylation is 1. The Hall–Kier alpha value is -2.82. The number of ether oxygens (including phenoxy) is 2. The summed E-state index contributed by atoms with van der Waals surface area (Å²) in [5, 5.41) is 1.07. The number of hydrogen-bond acceptors (Lipinski definition) is 3. The Morgan fingerprint density at radius 1 is 1.07 bits per heavy atom. The summed E-state index contributed by atoms with van der Waals surface area (Å²) in [6.07, 6.45) is 1.59. The van der Waals surface area contributed by atoms with E-state index in [4.69, 9.17) is 32.7 Å². The van der Waals surface area contributed by atoms with Crippen LogP contribution in [-0.4, -0.2) is 5.78 Å². The van der Waals surface area contributed by atoms with Gasteiger partial charge in [-0.1, -0.05) is 41.4 Å². The Labute approximate surface area is 177 Å². The summed E-state index contributed by atoms with van der Waals surface area (Å²) < 4.78 is 24.7. The molecule has 1 aliphatic rings. The number of halogens is 3. The average molecular weight is 429 g/mol. The zero-order valence-corrected chi connectivity index (χ0v) is 16.9. The molecule has 4 rings (SSSR count). The van der Waals surface area contributed by atoms with Crippen molar-refractivity contribution < 1.29 is 18.7 Å². The molecule has 0 N–H and O–H groups in total. The summed E-state index contributed by atoms with van der Waals surface area (Å²) in [4.78, 5) is 12.7. The number of hydrogen-bond donors (Lipinski definition) is 0. The third-order valence-corrected chi connectivity index (χ3v) is 5.11. The molecule has 3 nitrogen and oxygen atoms in total. The molecule has 1 heterocycles. The van der Waals surface area contributed by atoms with Gasteiger partial charge in [0.05, 0.1) is 5.56 Å². The Morgan fingerprint density at radius 3 is 2.55 bits per heavy atom. The number of Topliss-reactive ketones (excluding diaryl/α,β-unsaturated/α-hetero) is 1. The van der Waals surface area contributed by atoms with Crippen LogP contribution in [0.2, 0.25) is 10.0 Å². The van der Waals surface area contributed by atoms with Crippen LogP contribution in [-0.2, 0) is 6.61 Å². The van der Waals surface area contributed by atoms with Gasteiger partial charge in [-0.2, -0.15) is 0 Å². The Kier molecular flexibility index (Phi) is 5.31. The van der Waals surface area contributed by atoms with Crippen LogP contribution < -0.4 is 9.47 Å². The van der Waals surface area contributed by atoms with E-state index >= 15 is 0 Å². The molecule has 1 aliphatic heterocycles. The van der Waals surface area contributed by atoms with Crippen molar-refractivity contribution in [2.45, 2.75) is 13.5 Å². The molecule has 6 heteroatoms. The fourth-order valence-electron chi connectivity index (χ4n) is 3.07. The lowest BCUT2D eigenvalue weighted by atomic mass is 10.0. The van der Waals surface area contributed by atoms with E-state index in [1.165, 1.54) is 12.1 Å². The smallest absolute Gasteiger partial charge is 0.232 e. The van der Waals surface area contributed by atoms with Crippen LogP contribution in [0.4, 0.5) is 4.39 Å². The quantitative estimate of drug-likeness (QED) is 0.437. The van der Waals surface area contributed by atoms with E-state index in [0.717, 1.165) is 11.1 Å². The number of rotatable bonds is 4. The van der Waals surface area contributed by atoms with Crippen molar-refractivity contribution in [1.29, 1.82) is 0 Å². The van der Waals surface area contributed by atoms with Gasteiger partial charge in [-0.3, -0.25) is 4.79 Å². The van der Waals surface area contributed by atoms with E-state index in [1.54, 1.807) is 48.5 Å². The molecule has 0 saturated heterocycles. The number of ketones is 1. The first kappa shape index (κ1) is 19.5. The fraction of sp³-hybridized carbons (Fsp3) is 0.0870. The van der Waals surface area contributed by atoms with Crippen LogP contribution in [0.1, 0.15) is 27.0 Å². The predicted molar refractivity (Wildman–Crippen MR) is 111 cm³/mol. The van der Waals surface area contributed by atoms with Gasteiger partial charge in [-0.05, 0) is 54.5 Å². The lowest BCUT2D eigenvalue weighted by Gasteiger charge is -2.10. The van der Waals surface area contributed by atoms with Gasteiger partial charge in [0.15, 0.2) is 5.76 Å². The van der Waals surface area contributed by atoms with Gasteiger partial charge in [0, 0.05) is 21.7 Å². The molecule has 146 valence electrons. The normalized spacial score (nSPS) is 14.1. The molecule has 0 atom stereocenters. The predicted octanol–water partition coefficient (Wildman–Crippen LogP) is 6.64. The monoisotopic (exact) mass is 428 g/mol. The van der Waals surface area contributed by atoms with Gasteiger partial charge in [0.1, 0.15) is 23.9 Å². The summed E-state index contributed by atoms with van der Waals surface area (Å²) in [7, 11) is 0. The molecule has 0 aromatic heterocycles. The standard InChI is InChI=1S/C23H15Cl2FO3/c1-13-8-18(28-12-15-4-5-16(24)10-19(15)25)11-20-22(13)23(27)21(29-20)9-14-2-6-17(26)7-3-14/h2-11H,12H2,1H3/b21-9-. The third-order valence-electron chi connectivity index (χ3n) is 4.52. The van der Waals surface area contributed by atoms with Crippen LogP contribution >= 0.6 is 23.2 Å². The Morgan fingerprint density at radius 2 is 1.83 bits per heavy atom. The summed E-state index contributed by atoms with van der Waals surface area (Å²) in [5.41, 5.74) is 2.71. The van der Waals surface area contributed by atoms with Crippen LogP contribution in [0.5, 0.6) is 11.5 Å². The first-order valence-corrected chi connectivity index (χ1v) is 9.57. The zero-order chi connectivity index (χ0) is 20.5. The van der Waals surface area contributed by atoms with Crippen LogP contribution in [0.3, 0.4) is 0 Å². The molecule has 0 radical (unpaired) electrons. The maximum absolute atomic E-state index is 13.1. The number of carbonyl (C=O) groups excluding carboxylic acids is 1. The minimum absolute atomic E-state index is 0.188. The van der Waals surface area contributed by atoms with Gasteiger partial charge >= 0.3 is 0 Å². The Bertz CT molecular complexity index is 1140. The van der Waals surface area contributed by atoms with Crippen molar-refractivity contribution in [3.63, 3.8) is 0 Å². The highest BCUT2D eigenvalue weighted by atomic mass is 35.5. The lowest BCUT2D eigenvalue weighted by molar-refractivity contribution is 0.101. The molecular formula is C23H15Cl2FO3. The molecule has 0 bridgehead atoms. The Balaban J connectivity index is 1.56. The van der Waals surface area contributed by atoms with Crippen molar-refractivity contribution in [2.24, 2.45) is 0 Å². The van der Waals surface area contributed by atoms with Crippen LogP contribution in [0, 0.1) is 12.7 Å². The molecule has 29 heavy (non-hydrogen) atoms. The van der Waals surface area contributed by atoms with Crippen molar-refractivity contribution in [2.75, 3.05) is 0 Å². The van der Waals surface area contributed by atoms with Gasteiger partial charge in [0.25, 0.3) is 0 Å². The molecule has 0 unspecified atom stereocenters. The van der Waals surface area contributed by atoms with Gasteiger partial charge in [-0.25, -0.2) is 4.39 Å². The van der Waals surface area contributed by atoms with E-state index in [1.807, 2.05) is 6.92 Å². The molecule has 0 fully saturated rings. The minimum Gasteiger partial charge on any atom is -0.489 e. The highest BCUT2D eigenvalue weighted by molar-refractivity contribution is 6.35. The molecule has 3 aromatic carbocycles. The molecule has 0 spiro atoms. The summed E-state index contributed by atoms with van der Waals surface area (Å²) in [6, 6.07) is 14.5. The SMILES string of the molecule is Cc1cc(OCc2ccc(Cl)cc2Cl)cc2c1C(=O)/C(=C/c1ccc(F)cc1)O2. The maximum Gasteiger partial charge on any atom is 0.232 e. The molecular weight excluding hydrogens is 414 g/mol. The van der Waals surface area contributed by atoms with Gasteiger partial charge < -0.3 is 9.47 Å². The number of fused-ring (bicyclic) bond motifs is 1. The van der Waals surface area contributed by atoms with E-state index in [0.29, 0.717) is 32.7 Å². The molecule has 0 aliphatic carbocycles. The van der Waals surface area contributed by atoms with E-state index in [-0.39, 0.29) is 24.0 Å². The van der Waals surface area contributed by atoms with Crippen LogP contribution in [0.25, 0.3) is 6.08 Å². The maximum atomic E-state index is 13.1. The van der Waals surface area contributed by atoms with Gasteiger partial charge in [0.2, 0.25) is 5.78 Å². The highest BCUT2D eigenvalue weighted by Crippen LogP contribution is 2.38. The zero-order valence-electron chi connectivity index (χ0n) is 15.3. The second-order valence-corrected chi connectivity index (χ2v) is 7.47. The topological polar surface area (TPSA) is 35.5 Å². The largest absolute Gasteiger partial charge is 0.489 e. The second-order valence-electron chi connectivity index (χ2n) is 6.63. The number of benzene rings is 3. The molecule has 0 saturated carbocycles. The number of allylic oxidation sites excluding steroid dienone is 1. The number of carbonyl (C=O) groups is 1. The molecule has 3 aromatic rings. The first-order valence-electron chi connectivity index (χ1n) is 8.82. The fourth-order valence-corrected chi connectivity index (χ4v) is 3.53. The third kappa shape index (κ3) is 4.14. The van der Waals surface area contributed by atoms with E-state index in [9.17, 15) is 9.18 Å². The van der Waals surface area contributed by atoms with E-state index in [2.05, 4.69) is 0 Å². The first-order chi connectivity index (χ1) is 13.9. The van der Waals surface area contributed by atoms with E-state index < -0.39 is 0 Å². The van der Waals surface area contributed by atoms with Crippen molar-refractivity contribution in [3.8, 4) is 11.5 Å². The highest BCUT2D eigenvalue weighted by Gasteiger charge is 2.30.